The van der Waals surface area contributed by atoms with Crippen LogP contribution in [0.15, 0.2) is 68.1 Å². The molecule has 4 aromatic rings. The van der Waals surface area contributed by atoms with Crippen molar-refractivity contribution in [2.45, 2.75) is 13.1 Å². The predicted octanol–water partition coefficient (Wildman–Crippen LogP) is 3.05. The van der Waals surface area contributed by atoms with Crippen molar-refractivity contribution in [2.75, 3.05) is 0 Å². The van der Waals surface area contributed by atoms with Crippen molar-refractivity contribution in [3.63, 3.8) is 0 Å². The van der Waals surface area contributed by atoms with Gasteiger partial charge in [-0.15, -0.1) is 11.3 Å². The molecule has 0 bridgehead atoms. The lowest BCUT2D eigenvalue weighted by Gasteiger charge is -2.11. The summed E-state index contributed by atoms with van der Waals surface area (Å²) in [7, 11) is 0. The van der Waals surface area contributed by atoms with Gasteiger partial charge in [-0.05, 0) is 41.3 Å². The highest BCUT2D eigenvalue weighted by atomic mass is 32.1. The van der Waals surface area contributed by atoms with Gasteiger partial charge in [0, 0.05) is 0 Å². The van der Waals surface area contributed by atoms with Gasteiger partial charge in [0.05, 0.1) is 24.9 Å². The van der Waals surface area contributed by atoms with Crippen LogP contribution in [0.4, 0.5) is 4.39 Å². The molecule has 3 heterocycles. The molecule has 0 saturated carbocycles. The van der Waals surface area contributed by atoms with Gasteiger partial charge in [-0.3, -0.25) is 13.9 Å². The summed E-state index contributed by atoms with van der Waals surface area (Å²) in [6, 6.07) is 11.1. The molecular weight excluding hydrogens is 343 g/mol. The SMILES string of the molecule is O=c1c2sccc2n(Cc2ccc(F)cc2)c(=O)n1Cc1ccco1. The van der Waals surface area contributed by atoms with Crippen LogP contribution < -0.4 is 11.2 Å². The molecule has 25 heavy (non-hydrogen) atoms. The first-order chi connectivity index (χ1) is 12.1. The molecule has 0 aliphatic heterocycles. The van der Waals surface area contributed by atoms with Crippen molar-refractivity contribution in [3.05, 3.63) is 92.1 Å². The number of benzene rings is 1. The van der Waals surface area contributed by atoms with Crippen LogP contribution in [0.1, 0.15) is 11.3 Å². The Morgan fingerprint density at radius 1 is 1.00 bits per heavy atom. The average molecular weight is 356 g/mol. The average Bonchev–Trinajstić information content (AvgIpc) is 3.29. The van der Waals surface area contributed by atoms with Gasteiger partial charge in [0.1, 0.15) is 16.3 Å². The number of thiophene rings is 1. The van der Waals surface area contributed by atoms with Crippen LogP contribution in [0.25, 0.3) is 10.2 Å². The summed E-state index contributed by atoms with van der Waals surface area (Å²) in [6.45, 7) is 0.326. The molecule has 0 saturated heterocycles. The Hall–Kier alpha value is -2.93. The lowest BCUT2D eigenvalue weighted by atomic mass is 10.2. The molecule has 5 nitrogen and oxygen atoms in total. The van der Waals surface area contributed by atoms with E-state index in [-0.39, 0.29) is 24.5 Å². The van der Waals surface area contributed by atoms with Crippen molar-refractivity contribution in [2.24, 2.45) is 0 Å². The second-order valence-electron chi connectivity index (χ2n) is 5.60. The fourth-order valence-electron chi connectivity index (χ4n) is 2.76. The van der Waals surface area contributed by atoms with Crippen LogP contribution in [0.2, 0.25) is 0 Å². The molecular formula is C18H13FN2O3S. The minimum Gasteiger partial charge on any atom is -0.467 e. The van der Waals surface area contributed by atoms with Crippen LogP contribution in [0.5, 0.6) is 0 Å². The van der Waals surface area contributed by atoms with Gasteiger partial charge in [0.15, 0.2) is 0 Å². The van der Waals surface area contributed by atoms with E-state index in [4.69, 9.17) is 4.42 Å². The van der Waals surface area contributed by atoms with Crippen LogP contribution in [-0.2, 0) is 13.1 Å². The van der Waals surface area contributed by atoms with E-state index in [2.05, 4.69) is 0 Å². The van der Waals surface area contributed by atoms with Crippen LogP contribution in [0, 0.1) is 5.82 Å². The molecule has 0 aliphatic carbocycles. The largest absolute Gasteiger partial charge is 0.467 e. The van der Waals surface area contributed by atoms with Gasteiger partial charge < -0.3 is 4.42 Å². The summed E-state index contributed by atoms with van der Waals surface area (Å²) in [5.41, 5.74) is 0.609. The van der Waals surface area contributed by atoms with E-state index in [9.17, 15) is 14.0 Å². The molecule has 0 unspecified atom stereocenters. The Balaban J connectivity index is 1.88. The van der Waals surface area contributed by atoms with Gasteiger partial charge in [-0.1, -0.05) is 12.1 Å². The fraction of sp³-hybridized carbons (Fsp3) is 0.111. The van der Waals surface area contributed by atoms with E-state index in [0.29, 0.717) is 16.0 Å². The third-order valence-corrected chi connectivity index (χ3v) is 4.88. The first kappa shape index (κ1) is 15.6. The molecule has 0 N–H and O–H groups in total. The Morgan fingerprint density at radius 3 is 2.52 bits per heavy atom. The molecule has 0 fully saturated rings. The summed E-state index contributed by atoms with van der Waals surface area (Å²) in [5, 5.41) is 1.78. The van der Waals surface area contributed by atoms with E-state index >= 15 is 0 Å². The Morgan fingerprint density at radius 2 is 1.80 bits per heavy atom. The van der Waals surface area contributed by atoms with Gasteiger partial charge in [-0.2, -0.15) is 0 Å². The quantitative estimate of drug-likeness (QED) is 0.565. The van der Waals surface area contributed by atoms with Gasteiger partial charge in [-0.25, -0.2) is 9.18 Å². The minimum atomic E-state index is -0.420. The van der Waals surface area contributed by atoms with Crippen LogP contribution in [0.3, 0.4) is 0 Å². The Bertz CT molecular complexity index is 1140. The zero-order valence-corrected chi connectivity index (χ0v) is 13.8. The smallest absolute Gasteiger partial charge is 0.332 e. The Kier molecular flexibility index (Phi) is 3.85. The molecule has 4 rings (SSSR count). The highest BCUT2D eigenvalue weighted by Crippen LogP contribution is 2.17. The van der Waals surface area contributed by atoms with Crippen molar-refractivity contribution >= 4 is 21.6 Å². The maximum absolute atomic E-state index is 13.1. The topological polar surface area (TPSA) is 57.1 Å². The molecule has 1 aromatic carbocycles. The number of hydrogen-bond donors (Lipinski definition) is 0. The number of rotatable bonds is 4. The summed E-state index contributed by atoms with van der Waals surface area (Å²) in [6.07, 6.45) is 1.50. The predicted molar refractivity (Wildman–Crippen MR) is 93.7 cm³/mol. The standard InChI is InChI=1S/C18H13FN2O3S/c19-13-5-3-12(4-6-13)10-20-15-7-9-25-16(15)17(22)21(18(20)23)11-14-2-1-8-24-14/h1-9H,10-11H2. The van der Waals surface area contributed by atoms with Crippen LogP contribution >= 0.6 is 11.3 Å². The molecule has 0 radical (unpaired) electrons. The fourth-order valence-corrected chi connectivity index (χ4v) is 3.60. The first-order valence-corrected chi connectivity index (χ1v) is 8.49. The molecule has 0 atom stereocenters. The third kappa shape index (κ3) is 2.83. The second kappa shape index (κ2) is 6.18. The van der Waals surface area contributed by atoms with Crippen LogP contribution in [-0.4, -0.2) is 9.13 Å². The van der Waals surface area contributed by atoms with Crippen molar-refractivity contribution < 1.29 is 8.81 Å². The zero-order valence-electron chi connectivity index (χ0n) is 13.0. The summed E-state index contributed by atoms with van der Waals surface area (Å²) >= 11 is 1.29. The van der Waals surface area contributed by atoms with Gasteiger partial charge in [0.2, 0.25) is 0 Å². The molecule has 126 valence electrons. The number of aromatic nitrogens is 2. The molecule has 0 amide bonds. The summed E-state index contributed by atoms with van der Waals surface area (Å²) in [5.74, 6) is 0.197. The third-order valence-electron chi connectivity index (χ3n) is 3.98. The van der Waals surface area contributed by atoms with Crippen molar-refractivity contribution in [1.82, 2.24) is 9.13 Å². The minimum absolute atomic E-state index is 0.0714. The van der Waals surface area contributed by atoms with E-state index in [1.807, 2.05) is 0 Å². The summed E-state index contributed by atoms with van der Waals surface area (Å²) in [4.78, 5) is 25.6. The number of fused-ring (bicyclic) bond motifs is 1. The Labute approximate surface area is 145 Å². The highest BCUT2D eigenvalue weighted by Gasteiger charge is 2.15. The molecule has 0 aliphatic rings. The first-order valence-electron chi connectivity index (χ1n) is 7.61. The van der Waals surface area contributed by atoms with E-state index in [1.54, 1.807) is 35.7 Å². The maximum Gasteiger partial charge on any atom is 0.332 e. The van der Waals surface area contributed by atoms with E-state index in [1.165, 1.54) is 38.9 Å². The molecule has 3 aromatic heterocycles. The number of nitrogens with zero attached hydrogens (tertiary/aromatic N) is 2. The zero-order chi connectivity index (χ0) is 17.4. The van der Waals surface area contributed by atoms with E-state index in [0.717, 1.165) is 5.56 Å². The van der Waals surface area contributed by atoms with Gasteiger partial charge >= 0.3 is 5.69 Å². The van der Waals surface area contributed by atoms with Crippen molar-refractivity contribution in [1.29, 1.82) is 0 Å². The number of furan rings is 1. The maximum atomic E-state index is 13.1. The molecule has 7 heteroatoms. The number of halogens is 1. The van der Waals surface area contributed by atoms with E-state index < -0.39 is 5.69 Å². The van der Waals surface area contributed by atoms with Gasteiger partial charge in [0.25, 0.3) is 5.56 Å². The monoisotopic (exact) mass is 356 g/mol. The lowest BCUT2D eigenvalue weighted by Crippen LogP contribution is -2.40. The normalized spacial score (nSPS) is 11.2. The highest BCUT2D eigenvalue weighted by molar-refractivity contribution is 7.17. The second-order valence-corrected chi connectivity index (χ2v) is 6.52. The molecule has 0 spiro atoms. The lowest BCUT2D eigenvalue weighted by molar-refractivity contribution is 0.479. The summed E-state index contributed by atoms with van der Waals surface area (Å²) < 4.78 is 21.6. The number of hydrogen-bond acceptors (Lipinski definition) is 4. The van der Waals surface area contributed by atoms with Crippen molar-refractivity contribution in [3.8, 4) is 0 Å².